The van der Waals surface area contributed by atoms with E-state index in [0.29, 0.717) is 23.0 Å². The average molecular weight is 496 g/mol. The van der Waals surface area contributed by atoms with Crippen LogP contribution in [0.3, 0.4) is 0 Å². The van der Waals surface area contributed by atoms with Gasteiger partial charge in [-0.3, -0.25) is 9.36 Å². The van der Waals surface area contributed by atoms with Crippen molar-refractivity contribution >= 4 is 33.6 Å². The zero-order chi connectivity index (χ0) is 25.7. The van der Waals surface area contributed by atoms with E-state index in [9.17, 15) is 10.1 Å². The Kier molecular flexibility index (Phi) is 5.76. The fourth-order valence-electron chi connectivity index (χ4n) is 6.17. The highest BCUT2D eigenvalue weighted by Crippen LogP contribution is 2.36. The van der Waals surface area contributed by atoms with Crippen molar-refractivity contribution in [2.45, 2.75) is 70.0 Å². The van der Waals surface area contributed by atoms with E-state index in [2.05, 4.69) is 71.1 Å². The number of piperidine rings is 1. The normalized spacial score (nSPS) is 20.4. The van der Waals surface area contributed by atoms with E-state index in [1.165, 1.54) is 10.9 Å². The summed E-state index contributed by atoms with van der Waals surface area (Å²) < 4.78 is 4.15. The minimum Gasteiger partial charge on any atom is -0.344 e. The molecule has 0 spiro atoms. The van der Waals surface area contributed by atoms with E-state index < -0.39 is 0 Å². The van der Waals surface area contributed by atoms with Gasteiger partial charge in [0, 0.05) is 58.5 Å². The van der Waals surface area contributed by atoms with Gasteiger partial charge in [-0.2, -0.15) is 10.2 Å². The molecule has 1 saturated carbocycles. The van der Waals surface area contributed by atoms with Gasteiger partial charge in [-0.1, -0.05) is 12.8 Å². The summed E-state index contributed by atoms with van der Waals surface area (Å²) in [6.07, 6.45) is 10.2. The molecule has 4 heterocycles. The second-order valence-electron chi connectivity index (χ2n) is 11.3. The second kappa shape index (κ2) is 9.00. The first-order valence-corrected chi connectivity index (χ1v) is 13.3. The number of nitrogens with one attached hydrogen (secondary N) is 1. The van der Waals surface area contributed by atoms with Gasteiger partial charge in [0.05, 0.1) is 0 Å². The van der Waals surface area contributed by atoms with Crippen LogP contribution in [0.15, 0.2) is 47.5 Å². The van der Waals surface area contributed by atoms with Gasteiger partial charge in [0.15, 0.2) is 0 Å². The fourth-order valence-corrected chi connectivity index (χ4v) is 6.17. The van der Waals surface area contributed by atoms with Crippen molar-refractivity contribution < 1.29 is 0 Å². The standard InChI is InChI=1S/C29H33N7O/c1-29(2)16-24(11-12-34(29)3)35-13-10-19-15-22(8-9-25(19)35)32-28-31-18-21-14-20(17-30)27(37)36(26(21)33-28)23-6-4-5-7-23/h8-10,13-15,18,23-24H,4-7,11-12,16H2,1-3H3,(H,31,32,33). The maximum Gasteiger partial charge on any atom is 0.270 e. The number of likely N-dealkylation sites (tertiary alicyclic amines) is 1. The summed E-state index contributed by atoms with van der Waals surface area (Å²) in [7, 11) is 2.21. The highest BCUT2D eigenvalue weighted by atomic mass is 16.1. The monoisotopic (exact) mass is 495 g/mol. The van der Waals surface area contributed by atoms with Crippen LogP contribution < -0.4 is 10.9 Å². The zero-order valence-electron chi connectivity index (χ0n) is 21.7. The minimum atomic E-state index is -0.258. The predicted molar refractivity (Wildman–Crippen MR) is 146 cm³/mol. The molecule has 3 aromatic heterocycles. The first-order valence-electron chi connectivity index (χ1n) is 13.3. The van der Waals surface area contributed by atoms with E-state index in [1.54, 1.807) is 16.8 Å². The highest BCUT2D eigenvalue weighted by Gasteiger charge is 2.33. The summed E-state index contributed by atoms with van der Waals surface area (Å²) >= 11 is 0. The van der Waals surface area contributed by atoms with Gasteiger partial charge in [-0.05, 0) is 76.9 Å². The van der Waals surface area contributed by atoms with E-state index >= 15 is 0 Å². The number of nitrogens with zero attached hydrogens (tertiary/aromatic N) is 6. The van der Waals surface area contributed by atoms with Crippen molar-refractivity contribution in [2.24, 2.45) is 0 Å². The van der Waals surface area contributed by atoms with Crippen LogP contribution in [0.4, 0.5) is 11.6 Å². The molecular weight excluding hydrogens is 462 g/mol. The smallest absolute Gasteiger partial charge is 0.270 e. The summed E-state index contributed by atoms with van der Waals surface area (Å²) in [5.41, 5.74) is 2.79. The van der Waals surface area contributed by atoms with Crippen LogP contribution in [-0.4, -0.2) is 43.1 Å². The van der Waals surface area contributed by atoms with E-state index in [0.717, 1.165) is 50.8 Å². The maximum absolute atomic E-state index is 13.1. The van der Waals surface area contributed by atoms with Crippen molar-refractivity contribution in [1.82, 2.24) is 24.0 Å². The summed E-state index contributed by atoms with van der Waals surface area (Å²) in [6, 6.07) is 12.7. The number of aromatic nitrogens is 4. The molecule has 8 nitrogen and oxygen atoms in total. The molecule has 37 heavy (non-hydrogen) atoms. The molecule has 4 aromatic rings. The molecular formula is C29H33N7O. The van der Waals surface area contributed by atoms with Gasteiger partial charge < -0.3 is 14.8 Å². The molecule has 2 fully saturated rings. The summed E-state index contributed by atoms with van der Waals surface area (Å²) in [6.45, 7) is 5.74. The van der Waals surface area contributed by atoms with Crippen LogP contribution in [0.25, 0.3) is 21.9 Å². The third kappa shape index (κ3) is 4.17. The molecule has 8 heteroatoms. The Hall–Kier alpha value is -3.70. The van der Waals surface area contributed by atoms with Crippen molar-refractivity contribution in [3.05, 3.63) is 58.6 Å². The lowest BCUT2D eigenvalue weighted by molar-refractivity contribution is 0.0771. The average Bonchev–Trinajstić information content (AvgIpc) is 3.55. The largest absolute Gasteiger partial charge is 0.344 e. The molecule has 1 aliphatic carbocycles. The molecule has 1 aliphatic heterocycles. The maximum atomic E-state index is 13.1. The highest BCUT2D eigenvalue weighted by molar-refractivity contribution is 5.85. The first kappa shape index (κ1) is 23.7. The van der Waals surface area contributed by atoms with Gasteiger partial charge in [0.1, 0.15) is 17.3 Å². The van der Waals surface area contributed by atoms with Crippen molar-refractivity contribution in [2.75, 3.05) is 18.9 Å². The van der Waals surface area contributed by atoms with Gasteiger partial charge in [-0.15, -0.1) is 0 Å². The topological polar surface area (TPSA) is 91.8 Å². The lowest BCUT2D eigenvalue weighted by atomic mass is 9.87. The Morgan fingerprint density at radius 2 is 1.89 bits per heavy atom. The van der Waals surface area contributed by atoms with Gasteiger partial charge in [0.2, 0.25) is 5.95 Å². The second-order valence-corrected chi connectivity index (χ2v) is 11.3. The number of hydrogen-bond acceptors (Lipinski definition) is 6. The van der Waals surface area contributed by atoms with E-state index in [4.69, 9.17) is 4.98 Å². The van der Waals surface area contributed by atoms with E-state index in [-0.39, 0.29) is 22.7 Å². The number of fused-ring (bicyclic) bond motifs is 2. The first-order chi connectivity index (χ1) is 17.8. The molecule has 1 unspecified atom stereocenters. The van der Waals surface area contributed by atoms with Gasteiger partial charge in [-0.25, -0.2) is 4.98 Å². The Balaban J connectivity index is 1.32. The SMILES string of the molecule is CN1CCC(n2ccc3cc(Nc4ncc5cc(C#N)c(=O)n(C6CCCC6)c5n4)ccc32)CC1(C)C. The van der Waals surface area contributed by atoms with Crippen LogP contribution in [0, 0.1) is 11.3 Å². The third-order valence-electron chi connectivity index (χ3n) is 8.52. The van der Waals surface area contributed by atoms with Gasteiger partial charge in [0.25, 0.3) is 5.56 Å². The number of nitriles is 1. The number of benzene rings is 1. The van der Waals surface area contributed by atoms with Crippen LogP contribution >= 0.6 is 0 Å². The molecule has 0 amide bonds. The number of pyridine rings is 1. The van der Waals surface area contributed by atoms with Crippen LogP contribution in [0.1, 0.15) is 70.0 Å². The molecule has 1 saturated heterocycles. The van der Waals surface area contributed by atoms with Crippen molar-refractivity contribution in [3.63, 3.8) is 0 Å². The quantitative estimate of drug-likeness (QED) is 0.401. The number of hydrogen-bond donors (Lipinski definition) is 1. The van der Waals surface area contributed by atoms with E-state index in [1.807, 2.05) is 6.07 Å². The third-order valence-corrected chi connectivity index (χ3v) is 8.52. The molecule has 1 atom stereocenters. The molecule has 1 aromatic carbocycles. The summed E-state index contributed by atoms with van der Waals surface area (Å²) in [5.74, 6) is 0.444. The molecule has 6 rings (SSSR count). The Bertz CT molecular complexity index is 1590. The number of rotatable bonds is 4. The van der Waals surface area contributed by atoms with Crippen molar-refractivity contribution in [3.8, 4) is 6.07 Å². The van der Waals surface area contributed by atoms with Crippen LogP contribution in [0.5, 0.6) is 0 Å². The van der Waals surface area contributed by atoms with Crippen LogP contribution in [-0.2, 0) is 0 Å². The predicted octanol–water partition coefficient (Wildman–Crippen LogP) is 5.52. The lowest BCUT2D eigenvalue weighted by Gasteiger charge is -2.44. The zero-order valence-corrected chi connectivity index (χ0v) is 21.7. The number of anilines is 2. The Morgan fingerprint density at radius 3 is 2.65 bits per heavy atom. The molecule has 0 bridgehead atoms. The molecule has 190 valence electrons. The fraction of sp³-hybridized carbons (Fsp3) is 0.448. The molecule has 0 radical (unpaired) electrons. The minimum absolute atomic E-state index is 0.0757. The summed E-state index contributed by atoms with van der Waals surface area (Å²) in [4.78, 5) is 24.8. The van der Waals surface area contributed by atoms with Crippen LogP contribution in [0.2, 0.25) is 0 Å². The summed E-state index contributed by atoms with van der Waals surface area (Å²) in [5, 5.41) is 14.7. The lowest BCUT2D eigenvalue weighted by Crippen LogP contribution is -2.47. The Morgan fingerprint density at radius 1 is 1.08 bits per heavy atom. The Labute approximate surface area is 216 Å². The van der Waals surface area contributed by atoms with Gasteiger partial charge >= 0.3 is 0 Å². The molecule has 2 aliphatic rings. The van der Waals surface area contributed by atoms with Crippen molar-refractivity contribution in [1.29, 1.82) is 5.26 Å². The molecule has 1 N–H and O–H groups in total.